The molecule has 1 unspecified atom stereocenters. The van der Waals surface area contributed by atoms with Crippen molar-refractivity contribution in [1.29, 1.82) is 5.26 Å². The van der Waals surface area contributed by atoms with Crippen LogP contribution in [0.4, 0.5) is 4.79 Å². The number of carbonyl (C=O) groups excluding carboxylic acids is 2. The van der Waals surface area contributed by atoms with Gasteiger partial charge in [0.2, 0.25) is 0 Å². The van der Waals surface area contributed by atoms with Gasteiger partial charge in [-0.1, -0.05) is 18.2 Å². The van der Waals surface area contributed by atoms with Gasteiger partial charge in [-0.05, 0) is 36.4 Å². The third kappa shape index (κ3) is 2.82. The van der Waals surface area contributed by atoms with Crippen molar-refractivity contribution in [3.63, 3.8) is 0 Å². The molecule has 1 aliphatic heterocycles. The largest absolute Gasteiger partial charge is 0.426 e. The highest BCUT2D eigenvalue weighted by molar-refractivity contribution is 5.96. The number of amides is 1. The lowest BCUT2D eigenvalue weighted by Gasteiger charge is -2.20. The summed E-state index contributed by atoms with van der Waals surface area (Å²) in [6.07, 6.45) is -0.0596. The van der Waals surface area contributed by atoms with Crippen molar-refractivity contribution in [2.24, 2.45) is 0 Å². The van der Waals surface area contributed by atoms with Crippen LogP contribution < -0.4 is 4.74 Å². The molecular formula is C20H15N3O4. The quantitative estimate of drug-likeness (QED) is 0.525. The molecule has 0 aliphatic carbocycles. The molecular weight excluding hydrogens is 346 g/mol. The third-order valence-electron chi connectivity index (χ3n) is 4.50. The van der Waals surface area contributed by atoms with Gasteiger partial charge in [-0.2, -0.15) is 10.3 Å². The molecule has 0 N–H and O–H groups in total. The number of esters is 1. The average molecular weight is 361 g/mol. The first kappa shape index (κ1) is 16.8. The van der Waals surface area contributed by atoms with E-state index in [4.69, 9.17) is 14.8 Å². The first-order chi connectivity index (χ1) is 13.1. The molecule has 1 atom stereocenters. The fourth-order valence-electron chi connectivity index (χ4n) is 3.33. The predicted octanol–water partition coefficient (Wildman–Crippen LogP) is 3.39. The maximum Gasteiger partial charge on any atom is 0.353 e. The Morgan fingerprint density at radius 3 is 2.67 bits per heavy atom. The molecule has 0 fully saturated rings. The maximum absolute atomic E-state index is 12.8. The first-order valence-corrected chi connectivity index (χ1v) is 8.31. The zero-order valence-electron chi connectivity index (χ0n) is 14.5. The smallest absolute Gasteiger partial charge is 0.353 e. The van der Waals surface area contributed by atoms with Gasteiger partial charge in [-0.15, -0.1) is 0 Å². The van der Waals surface area contributed by atoms with E-state index in [1.54, 1.807) is 48.5 Å². The molecule has 4 rings (SSSR count). The summed E-state index contributed by atoms with van der Waals surface area (Å²) in [7, 11) is 1.38. The zero-order valence-corrected chi connectivity index (χ0v) is 14.5. The second-order valence-electron chi connectivity index (χ2n) is 6.09. The summed E-state index contributed by atoms with van der Waals surface area (Å²) in [6.45, 7) is 0. The average Bonchev–Trinajstić information content (AvgIpc) is 3.17. The van der Waals surface area contributed by atoms with E-state index in [0.29, 0.717) is 22.5 Å². The molecule has 7 nitrogen and oxygen atoms in total. The van der Waals surface area contributed by atoms with Crippen LogP contribution in [0.2, 0.25) is 0 Å². The van der Waals surface area contributed by atoms with Crippen LogP contribution in [-0.2, 0) is 9.63 Å². The second kappa shape index (κ2) is 6.59. The Morgan fingerprint density at radius 1 is 1.19 bits per heavy atom. The van der Waals surface area contributed by atoms with E-state index in [1.165, 1.54) is 16.7 Å². The molecule has 0 bridgehead atoms. The predicted molar refractivity (Wildman–Crippen MR) is 95.7 cm³/mol. The van der Waals surface area contributed by atoms with Gasteiger partial charge in [0, 0.05) is 5.39 Å². The minimum Gasteiger partial charge on any atom is -0.426 e. The number of hydrogen-bond acceptors (Lipinski definition) is 5. The molecule has 134 valence electrons. The number of aromatic nitrogens is 1. The van der Waals surface area contributed by atoms with Crippen LogP contribution in [0.1, 0.15) is 23.7 Å². The van der Waals surface area contributed by atoms with E-state index >= 15 is 0 Å². The SMILES string of the molecule is CON1C(=O)n2c(cc3cc(C#N)ccc32)C1CC(=O)Oc1ccccc1. The van der Waals surface area contributed by atoms with Gasteiger partial charge in [0.15, 0.2) is 0 Å². The third-order valence-corrected chi connectivity index (χ3v) is 4.50. The summed E-state index contributed by atoms with van der Waals surface area (Å²) >= 11 is 0. The number of nitrogens with zero attached hydrogens (tertiary/aromatic N) is 3. The normalized spacial score (nSPS) is 15.6. The van der Waals surface area contributed by atoms with Crippen molar-refractivity contribution in [3.05, 3.63) is 65.9 Å². The van der Waals surface area contributed by atoms with Crippen LogP contribution in [0.25, 0.3) is 10.9 Å². The van der Waals surface area contributed by atoms with Gasteiger partial charge < -0.3 is 4.74 Å². The highest BCUT2D eigenvalue weighted by Crippen LogP contribution is 2.37. The molecule has 2 heterocycles. The monoisotopic (exact) mass is 361 g/mol. The summed E-state index contributed by atoms with van der Waals surface area (Å²) in [4.78, 5) is 30.4. The second-order valence-corrected chi connectivity index (χ2v) is 6.09. The van der Waals surface area contributed by atoms with E-state index in [1.807, 2.05) is 6.07 Å². The number of para-hydroxylation sites is 1. The van der Waals surface area contributed by atoms with Crippen LogP contribution >= 0.6 is 0 Å². The van der Waals surface area contributed by atoms with E-state index < -0.39 is 12.0 Å². The molecule has 0 radical (unpaired) electrons. The fourth-order valence-corrected chi connectivity index (χ4v) is 3.33. The molecule has 1 aromatic heterocycles. The van der Waals surface area contributed by atoms with Gasteiger partial charge in [0.05, 0.1) is 36.4 Å². The van der Waals surface area contributed by atoms with Crippen molar-refractivity contribution in [2.75, 3.05) is 7.11 Å². The fraction of sp³-hybridized carbons (Fsp3) is 0.150. The Kier molecular flexibility index (Phi) is 4.11. The Labute approximate surface area is 154 Å². The lowest BCUT2D eigenvalue weighted by Crippen LogP contribution is -2.30. The van der Waals surface area contributed by atoms with E-state index in [2.05, 4.69) is 6.07 Å². The number of fused-ring (bicyclic) bond motifs is 3. The van der Waals surface area contributed by atoms with Crippen molar-refractivity contribution >= 4 is 22.9 Å². The van der Waals surface area contributed by atoms with Crippen LogP contribution in [0.5, 0.6) is 5.75 Å². The molecule has 7 heteroatoms. The molecule has 1 aliphatic rings. The van der Waals surface area contributed by atoms with Crippen molar-refractivity contribution in [1.82, 2.24) is 9.63 Å². The van der Waals surface area contributed by atoms with Gasteiger partial charge in [0.25, 0.3) is 0 Å². The molecule has 2 aromatic carbocycles. The number of rotatable bonds is 4. The number of hydrogen-bond donors (Lipinski definition) is 0. The number of ether oxygens (including phenoxy) is 1. The van der Waals surface area contributed by atoms with Crippen LogP contribution in [-0.4, -0.2) is 28.7 Å². The number of nitriles is 1. The van der Waals surface area contributed by atoms with Crippen molar-refractivity contribution in [3.8, 4) is 11.8 Å². The zero-order chi connectivity index (χ0) is 19.0. The maximum atomic E-state index is 12.8. The van der Waals surface area contributed by atoms with Gasteiger partial charge in [-0.25, -0.2) is 4.79 Å². The molecule has 0 saturated carbocycles. The highest BCUT2D eigenvalue weighted by Gasteiger charge is 2.40. The Balaban J connectivity index is 1.67. The first-order valence-electron chi connectivity index (χ1n) is 8.31. The minimum atomic E-state index is -0.614. The highest BCUT2D eigenvalue weighted by atomic mass is 16.7. The van der Waals surface area contributed by atoms with Gasteiger partial charge >= 0.3 is 12.0 Å². The number of hydroxylamine groups is 2. The van der Waals surface area contributed by atoms with Crippen LogP contribution in [0.3, 0.4) is 0 Å². The van der Waals surface area contributed by atoms with Crippen LogP contribution in [0.15, 0.2) is 54.6 Å². The molecule has 27 heavy (non-hydrogen) atoms. The summed E-state index contributed by atoms with van der Waals surface area (Å²) in [5.74, 6) is -0.0348. The van der Waals surface area contributed by atoms with E-state index in [9.17, 15) is 9.59 Å². The summed E-state index contributed by atoms with van der Waals surface area (Å²) in [5.41, 5.74) is 1.79. The molecule has 3 aromatic rings. The number of carbonyl (C=O) groups is 2. The summed E-state index contributed by atoms with van der Waals surface area (Å²) in [5, 5.41) is 11.0. The van der Waals surface area contributed by atoms with Gasteiger partial charge in [0.1, 0.15) is 11.8 Å². The molecule has 1 amide bonds. The summed E-state index contributed by atoms with van der Waals surface area (Å²) < 4.78 is 6.85. The summed E-state index contributed by atoms with van der Waals surface area (Å²) in [6, 6.07) is 16.7. The number of benzene rings is 2. The standard InChI is InChI=1S/C20H15N3O4/c1-26-23-18(11-19(24)27-15-5-3-2-4-6-15)17-10-14-9-13(12-21)7-8-16(14)22(17)20(23)25/h2-10,18H,11H2,1H3. The molecule has 0 spiro atoms. The Morgan fingerprint density at radius 2 is 1.96 bits per heavy atom. The van der Waals surface area contributed by atoms with Crippen molar-refractivity contribution in [2.45, 2.75) is 12.5 Å². The van der Waals surface area contributed by atoms with E-state index in [-0.39, 0.29) is 12.5 Å². The Hall–Kier alpha value is -3.63. The topological polar surface area (TPSA) is 84.6 Å². The van der Waals surface area contributed by atoms with Gasteiger partial charge in [-0.3, -0.25) is 14.2 Å². The van der Waals surface area contributed by atoms with Crippen LogP contribution in [0, 0.1) is 11.3 Å². The minimum absolute atomic E-state index is 0.0596. The lowest BCUT2D eigenvalue weighted by atomic mass is 10.1. The van der Waals surface area contributed by atoms with E-state index in [0.717, 1.165) is 5.39 Å². The van der Waals surface area contributed by atoms with Crippen molar-refractivity contribution < 1.29 is 19.2 Å². The lowest BCUT2D eigenvalue weighted by molar-refractivity contribution is -0.143. The molecule has 0 saturated heterocycles. The Bertz CT molecular complexity index is 1080.